The predicted molar refractivity (Wildman–Crippen MR) is 86.3 cm³/mol. The summed E-state index contributed by atoms with van der Waals surface area (Å²) in [4.78, 5) is 4.03. The van der Waals surface area contributed by atoms with Gasteiger partial charge in [-0.05, 0) is 52.9 Å². The number of hydrogen-bond donors (Lipinski definition) is 1. The zero-order valence-corrected chi connectivity index (χ0v) is 13.6. The summed E-state index contributed by atoms with van der Waals surface area (Å²) in [5.41, 5.74) is 1.29. The van der Waals surface area contributed by atoms with E-state index < -0.39 is 0 Å². The molecule has 0 atom stereocenters. The quantitative estimate of drug-likeness (QED) is 0.742. The van der Waals surface area contributed by atoms with Gasteiger partial charge in [0.1, 0.15) is 5.75 Å². The van der Waals surface area contributed by atoms with Crippen molar-refractivity contribution in [3.05, 3.63) is 47.0 Å². The Bertz CT molecular complexity index is 567. The first-order valence-electron chi connectivity index (χ1n) is 7.41. The molecule has 21 heavy (non-hydrogen) atoms. The van der Waals surface area contributed by atoms with Crippen molar-refractivity contribution in [2.75, 3.05) is 6.61 Å². The van der Waals surface area contributed by atoms with E-state index >= 15 is 0 Å². The zero-order valence-electron chi connectivity index (χ0n) is 12.0. The molecule has 1 fully saturated rings. The fourth-order valence-electron chi connectivity index (χ4n) is 2.17. The Morgan fingerprint density at radius 2 is 2.29 bits per heavy atom. The van der Waals surface area contributed by atoms with Crippen molar-refractivity contribution in [1.82, 2.24) is 14.9 Å². The lowest BCUT2D eigenvalue weighted by Gasteiger charge is -2.10. The Morgan fingerprint density at radius 1 is 1.38 bits per heavy atom. The normalized spacial score (nSPS) is 14.3. The first kappa shape index (κ1) is 14.6. The van der Waals surface area contributed by atoms with Crippen molar-refractivity contribution < 1.29 is 4.74 Å². The van der Waals surface area contributed by atoms with E-state index in [0.717, 1.165) is 35.8 Å². The van der Waals surface area contributed by atoms with E-state index in [4.69, 9.17) is 4.74 Å². The summed E-state index contributed by atoms with van der Waals surface area (Å²) in [5.74, 6) is 0.913. The molecule has 1 saturated carbocycles. The van der Waals surface area contributed by atoms with Gasteiger partial charge in [0.25, 0.3) is 0 Å². The van der Waals surface area contributed by atoms with Crippen LogP contribution in [0.15, 0.2) is 41.4 Å². The Morgan fingerprint density at radius 3 is 3.00 bits per heavy atom. The second-order valence-electron chi connectivity index (χ2n) is 5.42. The van der Waals surface area contributed by atoms with Crippen molar-refractivity contribution in [2.24, 2.45) is 0 Å². The van der Waals surface area contributed by atoms with Gasteiger partial charge in [-0.1, -0.05) is 6.07 Å². The highest BCUT2D eigenvalue weighted by molar-refractivity contribution is 9.10. The van der Waals surface area contributed by atoms with E-state index in [2.05, 4.69) is 42.9 Å². The molecule has 0 saturated heterocycles. The van der Waals surface area contributed by atoms with E-state index in [1.54, 1.807) is 6.20 Å². The summed E-state index contributed by atoms with van der Waals surface area (Å²) in [6, 6.07) is 7.06. The van der Waals surface area contributed by atoms with Gasteiger partial charge in [0, 0.05) is 31.5 Å². The molecular weight excluding hydrogens is 330 g/mol. The molecule has 0 aliphatic heterocycles. The van der Waals surface area contributed by atoms with Crippen LogP contribution in [0.25, 0.3) is 0 Å². The van der Waals surface area contributed by atoms with E-state index in [9.17, 15) is 0 Å². The fourth-order valence-corrected chi connectivity index (χ4v) is 2.71. The van der Waals surface area contributed by atoms with Crippen LogP contribution in [0.4, 0.5) is 0 Å². The minimum absolute atomic E-state index is 0.705. The first-order chi connectivity index (χ1) is 10.3. The molecule has 112 valence electrons. The summed E-state index contributed by atoms with van der Waals surface area (Å²) in [7, 11) is 0. The number of hydrogen-bond acceptors (Lipinski definition) is 3. The average molecular weight is 350 g/mol. The maximum absolute atomic E-state index is 5.83. The number of aromatic nitrogens is 2. The molecule has 5 heteroatoms. The van der Waals surface area contributed by atoms with Crippen molar-refractivity contribution in [3.63, 3.8) is 0 Å². The molecule has 4 nitrogen and oxygen atoms in total. The third kappa shape index (κ3) is 4.58. The lowest BCUT2D eigenvalue weighted by atomic mass is 10.2. The van der Waals surface area contributed by atoms with Crippen molar-refractivity contribution in [3.8, 4) is 5.75 Å². The molecule has 0 unspecified atom stereocenters. The molecule has 1 aliphatic rings. The Balaban J connectivity index is 1.43. The van der Waals surface area contributed by atoms with Gasteiger partial charge in [-0.15, -0.1) is 0 Å². The Hall–Kier alpha value is -1.33. The zero-order chi connectivity index (χ0) is 14.5. The van der Waals surface area contributed by atoms with Crippen LogP contribution < -0.4 is 10.1 Å². The van der Waals surface area contributed by atoms with Gasteiger partial charge in [-0.2, -0.15) is 0 Å². The minimum Gasteiger partial charge on any atom is -0.492 e. The summed E-state index contributed by atoms with van der Waals surface area (Å²) in [5, 5.41) is 3.52. The van der Waals surface area contributed by atoms with Crippen LogP contribution in [0.1, 0.15) is 24.8 Å². The molecule has 0 amide bonds. The van der Waals surface area contributed by atoms with Gasteiger partial charge in [-0.25, -0.2) is 4.98 Å². The number of ether oxygens (including phenoxy) is 1. The van der Waals surface area contributed by atoms with E-state index in [1.165, 1.54) is 18.4 Å². The van der Waals surface area contributed by atoms with Gasteiger partial charge in [0.05, 0.1) is 17.4 Å². The molecule has 0 spiro atoms. The highest BCUT2D eigenvalue weighted by Gasteiger charge is 2.19. The third-order valence-electron chi connectivity index (χ3n) is 3.55. The van der Waals surface area contributed by atoms with Crippen LogP contribution >= 0.6 is 15.9 Å². The molecular formula is C16H20BrN3O. The second-order valence-corrected chi connectivity index (χ2v) is 6.28. The molecule has 1 aliphatic carbocycles. The van der Waals surface area contributed by atoms with Crippen LogP contribution in [0.2, 0.25) is 0 Å². The lowest BCUT2D eigenvalue weighted by molar-refractivity contribution is 0.300. The third-order valence-corrected chi connectivity index (χ3v) is 4.17. The molecule has 1 N–H and O–H groups in total. The Kier molecular flexibility index (Phi) is 4.93. The predicted octanol–water partition coefficient (Wildman–Crippen LogP) is 3.37. The van der Waals surface area contributed by atoms with Crippen LogP contribution in [-0.2, 0) is 13.1 Å². The van der Waals surface area contributed by atoms with E-state index in [0.29, 0.717) is 6.61 Å². The number of halogens is 1. The average Bonchev–Trinajstić information content (AvgIpc) is 3.17. The SMILES string of the molecule is Brc1cc(CNC2CC2)ccc1OCCCn1ccnc1. The molecule has 0 radical (unpaired) electrons. The summed E-state index contributed by atoms with van der Waals surface area (Å²) in [6.07, 6.45) is 9.20. The smallest absolute Gasteiger partial charge is 0.133 e. The van der Waals surface area contributed by atoms with Crippen molar-refractivity contribution in [2.45, 2.75) is 38.4 Å². The van der Waals surface area contributed by atoms with Gasteiger partial charge >= 0.3 is 0 Å². The summed E-state index contributed by atoms with van der Waals surface area (Å²) >= 11 is 3.59. The minimum atomic E-state index is 0.705. The molecule has 1 aromatic heterocycles. The monoisotopic (exact) mass is 349 g/mol. The fraction of sp³-hybridized carbons (Fsp3) is 0.438. The van der Waals surface area contributed by atoms with Crippen molar-refractivity contribution in [1.29, 1.82) is 0 Å². The molecule has 1 aromatic carbocycles. The molecule has 2 aromatic rings. The van der Waals surface area contributed by atoms with Gasteiger partial charge < -0.3 is 14.6 Å². The van der Waals surface area contributed by atoms with Crippen LogP contribution in [0.5, 0.6) is 5.75 Å². The lowest BCUT2D eigenvalue weighted by Crippen LogP contribution is -2.15. The highest BCUT2D eigenvalue weighted by atomic mass is 79.9. The van der Waals surface area contributed by atoms with Crippen LogP contribution in [-0.4, -0.2) is 22.2 Å². The molecule has 0 bridgehead atoms. The number of nitrogens with one attached hydrogen (secondary N) is 1. The number of benzene rings is 1. The van der Waals surface area contributed by atoms with Crippen LogP contribution in [0, 0.1) is 0 Å². The molecule has 1 heterocycles. The summed E-state index contributed by atoms with van der Waals surface area (Å²) in [6.45, 7) is 2.57. The van der Waals surface area contributed by atoms with Crippen molar-refractivity contribution >= 4 is 15.9 Å². The maximum Gasteiger partial charge on any atom is 0.133 e. The standard InChI is InChI=1S/C16H20BrN3O/c17-15-10-13(11-19-14-3-4-14)2-5-16(15)21-9-1-7-20-8-6-18-12-20/h2,5-6,8,10,12,14,19H,1,3-4,7,9,11H2. The summed E-state index contributed by atoms with van der Waals surface area (Å²) < 4.78 is 8.92. The topological polar surface area (TPSA) is 39.1 Å². The van der Waals surface area contributed by atoms with Gasteiger partial charge in [0.2, 0.25) is 0 Å². The Labute approximate surface area is 133 Å². The van der Waals surface area contributed by atoms with Gasteiger partial charge in [-0.3, -0.25) is 0 Å². The first-order valence-corrected chi connectivity index (χ1v) is 8.21. The second kappa shape index (κ2) is 7.09. The van der Waals surface area contributed by atoms with Gasteiger partial charge in [0.15, 0.2) is 0 Å². The number of imidazole rings is 1. The van der Waals surface area contributed by atoms with E-state index in [1.807, 2.05) is 18.6 Å². The molecule has 3 rings (SSSR count). The number of rotatable bonds is 8. The largest absolute Gasteiger partial charge is 0.492 e. The van der Waals surface area contributed by atoms with E-state index in [-0.39, 0.29) is 0 Å². The van der Waals surface area contributed by atoms with Crippen LogP contribution in [0.3, 0.4) is 0 Å². The maximum atomic E-state index is 5.83. The number of nitrogens with zero attached hydrogens (tertiary/aromatic N) is 2. The number of aryl methyl sites for hydroxylation is 1. The highest BCUT2D eigenvalue weighted by Crippen LogP contribution is 2.27.